The fourth-order valence-electron chi connectivity index (χ4n) is 1.53. The first kappa shape index (κ1) is 12.5. The smallest absolute Gasteiger partial charge is 0.227 e. The summed E-state index contributed by atoms with van der Waals surface area (Å²) in [7, 11) is 0. The number of nitrogens with zero attached hydrogens (tertiary/aromatic N) is 1. The molecule has 1 amide bonds. The largest absolute Gasteiger partial charge is 0.508 e. The van der Waals surface area contributed by atoms with Crippen LogP contribution in [0.25, 0.3) is 0 Å². The molecule has 0 aliphatic carbocycles. The number of phenols is 1. The number of benzene rings is 1. The van der Waals surface area contributed by atoms with Crippen LogP contribution in [-0.2, 0) is 4.79 Å². The predicted molar refractivity (Wildman–Crippen MR) is 62.5 cm³/mol. The van der Waals surface area contributed by atoms with Crippen molar-refractivity contribution in [2.45, 2.75) is 19.8 Å². The van der Waals surface area contributed by atoms with E-state index in [1.807, 2.05) is 6.92 Å². The first-order valence-electron chi connectivity index (χ1n) is 5.39. The molecular weight excluding hydrogens is 206 g/mol. The van der Waals surface area contributed by atoms with Gasteiger partial charge in [-0.15, -0.1) is 0 Å². The number of phenolic OH excluding ortho intramolecular Hbond substituents is 1. The van der Waals surface area contributed by atoms with Gasteiger partial charge in [-0.3, -0.25) is 4.79 Å². The number of anilines is 1. The lowest BCUT2D eigenvalue weighted by Gasteiger charge is -2.21. The van der Waals surface area contributed by atoms with Gasteiger partial charge in [0.2, 0.25) is 5.91 Å². The number of rotatable bonds is 5. The highest BCUT2D eigenvalue weighted by molar-refractivity contribution is 5.93. The average molecular weight is 223 g/mol. The molecule has 1 aromatic rings. The quantitative estimate of drug-likeness (QED) is 0.795. The number of hydrogen-bond donors (Lipinski definition) is 2. The van der Waals surface area contributed by atoms with Crippen molar-refractivity contribution in [1.82, 2.24) is 0 Å². The number of hydrogen-bond acceptors (Lipinski definition) is 3. The molecule has 0 aliphatic heterocycles. The summed E-state index contributed by atoms with van der Waals surface area (Å²) in [6.45, 7) is 2.44. The summed E-state index contributed by atoms with van der Waals surface area (Å²) in [5.74, 6) is 0.105. The van der Waals surface area contributed by atoms with E-state index in [-0.39, 0.29) is 18.3 Å². The van der Waals surface area contributed by atoms with E-state index in [9.17, 15) is 9.90 Å². The van der Waals surface area contributed by atoms with Gasteiger partial charge in [-0.05, 0) is 25.5 Å². The fourth-order valence-corrected chi connectivity index (χ4v) is 1.53. The molecule has 4 nitrogen and oxygen atoms in total. The van der Waals surface area contributed by atoms with E-state index in [0.717, 1.165) is 0 Å². The summed E-state index contributed by atoms with van der Waals surface area (Å²) < 4.78 is 0. The van der Waals surface area contributed by atoms with Gasteiger partial charge >= 0.3 is 0 Å². The van der Waals surface area contributed by atoms with E-state index >= 15 is 0 Å². The molecule has 0 bridgehead atoms. The van der Waals surface area contributed by atoms with Crippen LogP contribution in [0.4, 0.5) is 5.69 Å². The molecule has 2 N–H and O–H groups in total. The number of carbonyl (C=O) groups excluding carboxylic acids is 1. The minimum absolute atomic E-state index is 0.0172. The SMILES string of the molecule is CCN(C(=O)CCCO)c1cccc(O)c1. The van der Waals surface area contributed by atoms with Crippen molar-refractivity contribution < 1.29 is 15.0 Å². The van der Waals surface area contributed by atoms with Gasteiger partial charge in [0.05, 0.1) is 0 Å². The molecular formula is C12H17NO3. The Hall–Kier alpha value is -1.55. The third-order valence-electron chi connectivity index (χ3n) is 2.31. The summed E-state index contributed by atoms with van der Waals surface area (Å²) in [5.41, 5.74) is 0.686. The van der Waals surface area contributed by atoms with Crippen LogP contribution in [0, 0.1) is 0 Å². The molecule has 16 heavy (non-hydrogen) atoms. The van der Waals surface area contributed by atoms with Gasteiger partial charge in [-0.2, -0.15) is 0 Å². The molecule has 4 heteroatoms. The molecule has 0 fully saturated rings. The molecule has 1 rings (SSSR count). The van der Waals surface area contributed by atoms with Gasteiger partial charge in [-0.25, -0.2) is 0 Å². The maximum Gasteiger partial charge on any atom is 0.227 e. The van der Waals surface area contributed by atoms with Crippen molar-refractivity contribution in [3.05, 3.63) is 24.3 Å². The van der Waals surface area contributed by atoms with Gasteiger partial charge in [0.15, 0.2) is 0 Å². The Kier molecular flexibility index (Phi) is 4.79. The van der Waals surface area contributed by atoms with E-state index in [1.165, 1.54) is 0 Å². The molecule has 0 aromatic heterocycles. The maximum absolute atomic E-state index is 11.8. The minimum Gasteiger partial charge on any atom is -0.508 e. The number of carbonyl (C=O) groups is 1. The lowest BCUT2D eigenvalue weighted by atomic mass is 10.2. The second kappa shape index (κ2) is 6.12. The van der Waals surface area contributed by atoms with E-state index < -0.39 is 0 Å². The van der Waals surface area contributed by atoms with E-state index in [0.29, 0.717) is 25.1 Å². The Morgan fingerprint density at radius 3 is 2.75 bits per heavy atom. The standard InChI is InChI=1S/C12H17NO3/c1-2-13(12(16)7-4-8-14)10-5-3-6-11(15)9-10/h3,5-6,9,14-15H,2,4,7-8H2,1H3. The highest BCUT2D eigenvalue weighted by atomic mass is 16.3. The zero-order valence-electron chi connectivity index (χ0n) is 9.39. The van der Waals surface area contributed by atoms with Crippen LogP contribution in [0.15, 0.2) is 24.3 Å². The van der Waals surface area contributed by atoms with Gasteiger partial charge in [0.25, 0.3) is 0 Å². The third kappa shape index (κ3) is 3.24. The topological polar surface area (TPSA) is 60.8 Å². The summed E-state index contributed by atoms with van der Waals surface area (Å²) >= 11 is 0. The van der Waals surface area contributed by atoms with Crippen molar-refractivity contribution in [3.8, 4) is 5.75 Å². The zero-order chi connectivity index (χ0) is 12.0. The average Bonchev–Trinajstić information content (AvgIpc) is 2.27. The molecule has 0 radical (unpaired) electrons. The normalized spacial score (nSPS) is 10.1. The van der Waals surface area contributed by atoms with Gasteiger partial charge in [-0.1, -0.05) is 6.07 Å². The second-order valence-corrected chi connectivity index (χ2v) is 3.49. The summed E-state index contributed by atoms with van der Waals surface area (Å²) in [6, 6.07) is 6.60. The Labute approximate surface area is 95.1 Å². The number of amides is 1. The molecule has 1 aromatic carbocycles. The Bertz CT molecular complexity index is 352. The van der Waals surface area contributed by atoms with Crippen LogP contribution in [0.1, 0.15) is 19.8 Å². The summed E-state index contributed by atoms with van der Waals surface area (Å²) in [6.07, 6.45) is 0.786. The highest BCUT2D eigenvalue weighted by Gasteiger charge is 2.13. The van der Waals surface area contributed by atoms with Gasteiger partial charge < -0.3 is 15.1 Å². The van der Waals surface area contributed by atoms with Crippen molar-refractivity contribution in [2.24, 2.45) is 0 Å². The molecule has 0 spiro atoms. The minimum atomic E-state index is -0.0397. The van der Waals surface area contributed by atoms with Crippen molar-refractivity contribution in [1.29, 1.82) is 0 Å². The Morgan fingerprint density at radius 2 is 2.19 bits per heavy atom. The van der Waals surface area contributed by atoms with Crippen molar-refractivity contribution in [2.75, 3.05) is 18.1 Å². The van der Waals surface area contributed by atoms with Crippen LogP contribution in [-0.4, -0.2) is 29.3 Å². The first-order chi connectivity index (χ1) is 7.69. The van der Waals surface area contributed by atoms with Crippen LogP contribution in [0.2, 0.25) is 0 Å². The van der Waals surface area contributed by atoms with Crippen LogP contribution >= 0.6 is 0 Å². The second-order valence-electron chi connectivity index (χ2n) is 3.49. The maximum atomic E-state index is 11.8. The molecule has 0 unspecified atom stereocenters. The molecule has 0 atom stereocenters. The van der Waals surface area contributed by atoms with Crippen LogP contribution in [0.5, 0.6) is 5.75 Å². The molecule has 0 aliphatic rings. The van der Waals surface area contributed by atoms with Gasteiger partial charge in [0, 0.05) is 31.3 Å². The Morgan fingerprint density at radius 1 is 1.44 bits per heavy atom. The molecule has 0 saturated heterocycles. The predicted octanol–water partition coefficient (Wildman–Crippen LogP) is 1.52. The van der Waals surface area contributed by atoms with Crippen LogP contribution < -0.4 is 4.90 Å². The fraction of sp³-hybridized carbons (Fsp3) is 0.417. The molecule has 0 heterocycles. The Balaban J connectivity index is 2.77. The zero-order valence-corrected chi connectivity index (χ0v) is 9.39. The third-order valence-corrected chi connectivity index (χ3v) is 2.31. The van der Waals surface area contributed by atoms with Gasteiger partial charge in [0.1, 0.15) is 5.75 Å². The monoisotopic (exact) mass is 223 g/mol. The lowest BCUT2D eigenvalue weighted by molar-refractivity contribution is -0.118. The number of aromatic hydroxyl groups is 1. The number of aliphatic hydroxyl groups is 1. The molecule has 0 saturated carbocycles. The van der Waals surface area contributed by atoms with E-state index in [4.69, 9.17) is 5.11 Å². The lowest BCUT2D eigenvalue weighted by Crippen LogP contribution is -2.30. The molecule has 88 valence electrons. The summed E-state index contributed by atoms with van der Waals surface area (Å²) in [5, 5.41) is 18.0. The first-order valence-corrected chi connectivity index (χ1v) is 5.39. The van der Waals surface area contributed by atoms with E-state index in [1.54, 1.807) is 29.2 Å². The van der Waals surface area contributed by atoms with Crippen LogP contribution in [0.3, 0.4) is 0 Å². The number of aliphatic hydroxyl groups excluding tert-OH is 1. The highest BCUT2D eigenvalue weighted by Crippen LogP contribution is 2.20. The summed E-state index contributed by atoms with van der Waals surface area (Å²) in [4.78, 5) is 13.4. The van der Waals surface area contributed by atoms with E-state index in [2.05, 4.69) is 0 Å². The van der Waals surface area contributed by atoms with Crippen molar-refractivity contribution in [3.63, 3.8) is 0 Å². The van der Waals surface area contributed by atoms with Crippen molar-refractivity contribution >= 4 is 11.6 Å².